The number of hydrogen-bond donors (Lipinski definition) is 2. The van der Waals surface area contributed by atoms with Crippen molar-refractivity contribution in [1.82, 2.24) is 20.1 Å². The van der Waals surface area contributed by atoms with Crippen molar-refractivity contribution in [3.05, 3.63) is 64.2 Å². The summed E-state index contributed by atoms with van der Waals surface area (Å²) in [6.07, 6.45) is 8.77. The first kappa shape index (κ1) is 16.8. The molecule has 0 unspecified atom stereocenters. The van der Waals surface area contributed by atoms with Crippen LogP contribution >= 0.6 is 0 Å². The molecule has 0 bridgehead atoms. The van der Waals surface area contributed by atoms with Crippen molar-refractivity contribution in [3.63, 3.8) is 0 Å². The highest BCUT2D eigenvalue weighted by Crippen LogP contribution is 2.38. The van der Waals surface area contributed by atoms with Gasteiger partial charge in [0.2, 0.25) is 0 Å². The van der Waals surface area contributed by atoms with E-state index in [2.05, 4.69) is 45.9 Å². The van der Waals surface area contributed by atoms with E-state index in [4.69, 9.17) is 0 Å². The minimum atomic E-state index is 0.0506. The van der Waals surface area contributed by atoms with Crippen LogP contribution in [0.25, 0.3) is 10.9 Å². The van der Waals surface area contributed by atoms with E-state index in [1.807, 2.05) is 6.07 Å². The van der Waals surface area contributed by atoms with Crippen molar-refractivity contribution in [1.29, 1.82) is 0 Å². The van der Waals surface area contributed by atoms with Gasteiger partial charge in [-0.3, -0.25) is 4.79 Å². The highest BCUT2D eigenvalue weighted by atomic mass is 16.1. The van der Waals surface area contributed by atoms with Gasteiger partial charge in [0.1, 0.15) is 0 Å². The molecular weight excluding hydrogens is 336 g/mol. The van der Waals surface area contributed by atoms with E-state index in [-0.39, 0.29) is 11.6 Å². The normalized spacial score (nSPS) is 23.0. The number of nitrogens with one attached hydrogen (secondary N) is 2. The zero-order valence-electron chi connectivity index (χ0n) is 15.5. The predicted molar refractivity (Wildman–Crippen MR) is 107 cm³/mol. The quantitative estimate of drug-likeness (QED) is 0.724. The van der Waals surface area contributed by atoms with Gasteiger partial charge in [0.15, 0.2) is 0 Å². The van der Waals surface area contributed by atoms with Crippen molar-refractivity contribution in [3.8, 4) is 0 Å². The van der Waals surface area contributed by atoms with Crippen LogP contribution in [0.15, 0.2) is 47.4 Å². The minimum Gasteiger partial charge on any atom is -0.361 e. The molecule has 0 aliphatic heterocycles. The largest absolute Gasteiger partial charge is 0.361 e. The summed E-state index contributed by atoms with van der Waals surface area (Å²) in [6.45, 7) is 0.884. The summed E-state index contributed by atoms with van der Waals surface area (Å²) in [4.78, 5) is 15.6. The number of aromatic nitrogens is 3. The Balaban J connectivity index is 1.20. The molecule has 2 heterocycles. The second-order valence-corrected chi connectivity index (χ2v) is 8.06. The molecule has 0 atom stereocenters. The monoisotopic (exact) mass is 362 g/mol. The molecule has 2 aromatic heterocycles. The molecule has 5 rings (SSSR count). The summed E-state index contributed by atoms with van der Waals surface area (Å²) < 4.78 is 1.77. The summed E-state index contributed by atoms with van der Waals surface area (Å²) in [7, 11) is 0. The summed E-state index contributed by atoms with van der Waals surface area (Å²) in [5, 5.41) is 9.70. The highest BCUT2D eigenvalue weighted by molar-refractivity contribution is 5.82. The molecule has 3 aromatic rings. The predicted octanol–water partition coefficient (Wildman–Crippen LogP) is 3.88. The van der Waals surface area contributed by atoms with E-state index < -0.39 is 0 Å². The summed E-state index contributed by atoms with van der Waals surface area (Å²) in [5.41, 5.74) is 3.67. The third-order valence-electron chi connectivity index (χ3n) is 6.14. The van der Waals surface area contributed by atoms with Crippen LogP contribution in [0.4, 0.5) is 0 Å². The van der Waals surface area contributed by atoms with Gasteiger partial charge in [0.25, 0.3) is 5.56 Å². The molecular formula is C22H26N4O. The first-order chi connectivity index (χ1) is 13.3. The molecule has 2 aliphatic rings. The third-order valence-corrected chi connectivity index (χ3v) is 6.14. The van der Waals surface area contributed by atoms with Gasteiger partial charge in [-0.25, -0.2) is 4.68 Å². The lowest BCUT2D eigenvalue weighted by atomic mass is 9.91. The van der Waals surface area contributed by atoms with Crippen LogP contribution in [0.5, 0.6) is 0 Å². The summed E-state index contributed by atoms with van der Waals surface area (Å²) in [6, 6.07) is 12.8. The van der Waals surface area contributed by atoms with Crippen molar-refractivity contribution >= 4 is 10.9 Å². The van der Waals surface area contributed by atoms with Crippen molar-refractivity contribution < 1.29 is 0 Å². The Morgan fingerprint density at radius 2 is 1.85 bits per heavy atom. The molecule has 2 N–H and O–H groups in total. The summed E-state index contributed by atoms with van der Waals surface area (Å²) in [5.74, 6) is 0.589. The van der Waals surface area contributed by atoms with Gasteiger partial charge in [0, 0.05) is 41.7 Å². The number of fused-ring (bicyclic) bond motifs is 1. The Labute approximate surface area is 158 Å². The average molecular weight is 362 g/mol. The second-order valence-electron chi connectivity index (χ2n) is 8.06. The second kappa shape index (κ2) is 6.97. The molecule has 5 heteroatoms. The number of rotatable bonds is 5. The van der Waals surface area contributed by atoms with E-state index in [1.54, 1.807) is 10.7 Å². The fourth-order valence-electron chi connectivity index (χ4n) is 4.36. The highest BCUT2D eigenvalue weighted by Gasteiger charge is 2.28. The first-order valence-corrected chi connectivity index (χ1v) is 10.2. The molecule has 140 valence electrons. The van der Waals surface area contributed by atoms with Crippen LogP contribution in [0, 0.1) is 0 Å². The van der Waals surface area contributed by atoms with E-state index in [0.29, 0.717) is 12.0 Å². The molecule has 0 saturated heterocycles. The van der Waals surface area contributed by atoms with Crippen LogP contribution in [0.1, 0.15) is 61.7 Å². The topological polar surface area (TPSA) is 62.7 Å². The van der Waals surface area contributed by atoms with Crippen LogP contribution in [0.3, 0.4) is 0 Å². The van der Waals surface area contributed by atoms with Crippen LogP contribution in [-0.4, -0.2) is 20.8 Å². The van der Waals surface area contributed by atoms with Gasteiger partial charge in [-0.05, 0) is 56.2 Å². The van der Waals surface area contributed by atoms with Gasteiger partial charge in [0.05, 0.1) is 11.7 Å². The Morgan fingerprint density at radius 3 is 2.67 bits per heavy atom. The Morgan fingerprint density at radius 1 is 1.04 bits per heavy atom. The maximum absolute atomic E-state index is 12.3. The smallest absolute Gasteiger partial charge is 0.267 e. The number of nitrogens with zero attached hydrogens (tertiary/aromatic N) is 2. The maximum Gasteiger partial charge on any atom is 0.267 e. The van der Waals surface area contributed by atoms with E-state index in [1.165, 1.54) is 29.3 Å². The van der Waals surface area contributed by atoms with Gasteiger partial charge >= 0.3 is 0 Å². The minimum absolute atomic E-state index is 0.0506. The molecule has 5 nitrogen and oxygen atoms in total. The average Bonchev–Trinajstić information content (AvgIpc) is 3.48. The molecule has 0 spiro atoms. The van der Waals surface area contributed by atoms with Crippen molar-refractivity contribution in [2.24, 2.45) is 0 Å². The molecule has 1 aromatic carbocycles. The van der Waals surface area contributed by atoms with Gasteiger partial charge in [-0.1, -0.05) is 18.2 Å². The molecule has 2 aliphatic carbocycles. The van der Waals surface area contributed by atoms with E-state index in [9.17, 15) is 4.79 Å². The molecule has 0 amide bonds. The molecule has 2 saturated carbocycles. The SMILES string of the molecule is O=c1ccc(C2CC2)nn1C1CCC(NCc2c[nH]c3ccccc23)CC1. The first-order valence-electron chi connectivity index (χ1n) is 10.2. The number of benzene rings is 1. The van der Waals surface area contributed by atoms with Gasteiger partial charge in [-0.2, -0.15) is 5.10 Å². The lowest BCUT2D eigenvalue weighted by Crippen LogP contribution is -2.36. The van der Waals surface area contributed by atoms with Gasteiger partial charge < -0.3 is 10.3 Å². The van der Waals surface area contributed by atoms with E-state index >= 15 is 0 Å². The van der Waals surface area contributed by atoms with E-state index in [0.717, 1.165) is 37.9 Å². The fourth-order valence-corrected chi connectivity index (χ4v) is 4.36. The number of hydrogen-bond acceptors (Lipinski definition) is 3. The zero-order chi connectivity index (χ0) is 18.2. The summed E-state index contributed by atoms with van der Waals surface area (Å²) >= 11 is 0. The zero-order valence-corrected chi connectivity index (χ0v) is 15.5. The lowest BCUT2D eigenvalue weighted by Gasteiger charge is -2.29. The third kappa shape index (κ3) is 3.44. The maximum atomic E-state index is 12.3. The van der Waals surface area contributed by atoms with Crippen molar-refractivity contribution in [2.75, 3.05) is 0 Å². The van der Waals surface area contributed by atoms with Crippen molar-refractivity contribution in [2.45, 2.75) is 63.1 Å². The fraction of sp³-hybridized carbons (Fsp3) is 0.455. The molecule has 27 heavy (non-hydrogen) atoms. The standard InChI is InChI=1S/C22H26N4O/c27-22-12-11-20(15-5-6-15)25-26(22)18-9-7-17(8-10-18)23-13-16-14-24-21-4-2-1-3-19(16)21/h1-4,11-12,14-15,17-18,23-24H,5-10,13H2. The van der Waals surface area contributed by atoms with Crippen LogP contribution < -0.4 is 10.9 Å². The number of H-pyrrole nitrogens is 1. The molecule has 0 radical (unpaired) electrons. The molecule has 2 fully saturated rings. The number of para-hydroxylation sites is 1. The van der Waals surface area contributed by atoms with Gasteiger partial charge in [-0.15, -0.1) is 0 Å². The van der Waals surface area contributed by atoms with Crippen LogP contribution in [-0.2, 0) is 6.54 Å². The Kier molecular flexibility index (Phi) is 4.32. The number of aromatic amines is 1. The lowest BCUT2D eigenvalue weighted by molar-refractivity contribution is 0.267. The van der Waals surface area contributed by atoms with Crippen LogP contribution in [0.2, 0.25) is 0 Å². The Hall–Kier alpha value is -2.40. The Bertz CT molecular complexity index is 993.